The second-order valence-corrected chi connectivity index (χ2v) is 6.42. The van der Waals surface area contributed by atoms with E-state index in [2.05, 4.69) is 47.5 Å². The minimum Gasteiger partial charge on any atom is -0.380 e. The summed E-state index contributed by atoms with van der Waals surface area (Å²) in [5.74, 6) is 0. The third-order valence-corrected chi connectivity index (χ3v) is 5.20. The molecule has 1 aromatic rings. The second kappa shape index (κ2) is 6.91. The lowest BCUT2D eigenvalue weighted by Crippen LogP contribution is -2.61. The maximum Gasteiger partial charge on any atom is 0.0593 e. The smallest absolute Gasteiger partial charge is 0.0593 e. The van der Waals surface area contributed by atoms with Crippen molar-refractivity contribution in [3.05, 3.63) is 35.9 Å². The second-order valence-electron chi connectivity index (χ2n) is 6.42. The van der Waals surface area contributed by atoms with Crippen molar-refractivity contribution in [1.29, 1.82) is 0 Å². The zero-order valence-electron chi connectivity index (χ0n) is 13.2. The normalized spacial score (nSPS) is 25.5. The summed E-state index contributed by atoms with van der Waals surface area (Å²) in [7, 11) is 0. The molecule has 3 nitrogen and oxygen atoms in total. The molecule has 0 amide bonds. The number of rotatable bonds is 5. The molecule has 1 aliphatic heterocycles. The van der Waals surface area contributed by atoms with Gasteiger partial charge >= 0.3 is 0 Å². The van der Waals surface area contributed by atoms with E-state index in [1.165, 1.54) is 31.2 Å². The van der Waals surface area contributed by atoms with E-state index in [1.807, 2.05) is 0 Å². The third-order valence-electron chi connectivity index (χ3n) is 5.20. The van der Waals surface area contributed by atoms with Crippen LogP contribution in [-0.4, -0.2) is 43.3 Å². The number of nitrogens with zero attached hydrogens (tertiary/aromatic N) is 1. The van der Waals surface area contributed by atoms with Gasteiger partial charge in [0.1, 0.15) is 0 Å². The van der Waals surface area contributed by atoms with Crippen LogP contribution in [-0.2, 0) is 4.74 Å². The summed E-state index contributed by atoms with van der Waals surface area (Å²) >= 11 is 0. The highest BCUT2D eigenvalue weighted by Crippen LogP contribution is 2.38. The molecule has 1 aromatic carbocycles. The van der Waals surface area contributed by atoms with Gasteiger partial charge in [0, 0.05) is 37.8 Å². The number of nitrogens with one attached hydrogen (secondary N) is 1. The van der Waals surface area contributed by atoms with Gasteiger partial charge in [-0.05, 0) is 25.3 Å². The van der Waals surface area contributed by atoms with Gasteiger partial charge in [0.25, 0.3) is 0 Å². The molecule has 1 saturated heterocycles. The van der Waals surface area contributed by atoms with Gasteiger partial charge < -0.3 is 10.1 Å². The molecule has 21 heavy (non-hydrogen) atoms. The highest BCUT2D eigenvalue weighted by Gasteiger charge is 2.43. The molecule has 1 aliphatic carbocycles. The van der Waals surface area contributed by atoms with Gasteiger partial charge in [-0.25, -0.2) is 0 Å². The molecule has 1 spiro atoms. The molecule has 2 fully saturated rings. The van der Waals surface area contributed by atoms with Crippen LogP contribution in [0, 0.1) is 0 Å². The molecule has 1 saturated carbocycles. The summed E-state index contributed by atoms with van der Waals surface area (Å²) in [6, 6.07) is 11.3. The third kappa shape index (κ3) is 3.31. The lowest BCUT2D eigenvalue weighted by atomic mass is 9.89. The van der Waals surface area contributed by atoms with E-state index < -0.39 is 0 Å². The molecular weight excluding hydrogens is 260 g/mol. The molecule has 116 valence electrons. The summed E-state index contributed by atoms with van der Waals surface area (Å²) in [6.07, 6.45) is 5.44. The van der Waals surface area contributed by atoms with Gasteiger partial charge in [0.2, 0.25) is 0 Å². The molecule has 1 N–H and O–H groups in total. The van der Waals surface area contributed by atoms with Crippen LogP contribution in [0.3, 0.4) is 0 Å². The Bertz CT molecular complexity index is 428. The summed E-state index contributed by atoms with van der Waals surface area (Å²) in [4.78, 5) is 2.71. The Labute approximate surface area is 128 Å². The van der Waals surface area contributed by atoms with E-state index in [-0.39, 0.29) is 0 Å². The van der Waals surface area contributed by atoms with Crippen molar-refractivity contribution in [2.24, 2.45) is 0 Å². The maximum atomic E-state index is 5.62. The first kappa shape index (κ1) is 15.0. The highest BCUT2D eigenvalue weighted by molar-refractivity contribution is 5.21. The fourth-order valence-corrected chi connectivity index (χ4v) is 3.99. The average molecular weight is 288 g/mol. The van der Waals surface area contributed by atoms with Gasteiger partial charge in [-0.3, -0.25) is 4.90 Å². The number of benzene rings is 1. The van der Waals surface area contributed by atoms with Gasteiger partial charge in [0.15, 0.2) is 0 Å². The number of ether oxygens (including phenoxy) is 1. The predicted octanol–water partition coefficient (Wildman–Crippen LogP) is 2.98. The van der Waals surface area contributed by atoms with Crippen molar-refractivity contribution < 1.29 is 4.74 Å². The minimum atomic E-state index is 0.391. The monoisotopic (exact) mass is 288 g/mol. The topological polar surface area (TPSA) is 24.5 Å². The summed E-state index contributed by atoms with van der Waals surface area (Å²) in [5.41, 5.74) is 1.80. The molecule has 0 bridgehead atoms. The van der Waals surface area contributed by atoms with E-state index in [0.29, 0.717) is 11.6 Å². The van der Waals surface area contributed by atoms with Crippen LogP contribution in [0.15, 0.2) is 30.3 Å². The van der Waals surface area contributed by atoms with Crippen LogP contribution >= 0.6 is 0 Å². The Hall–Kier alpha value is -0.900. The van der Waals surface area contributed by atoms with E-state index in [4.69, 9.17) is 4.74 Å². The molecule has 3 heteroatoms. The van der Waals surface area contributed by atoms with Crippen molar-refractivity contribution in [3.63, 3.8) is 0 Å². The van der Waals surface area contributed by atoms with Crippen molar-refractivity contribution in [2.75, 3.05) is 32.8 Å². The molecule has 1 atom stereocenters. The zero-order valence-corrected chi connectivity index (χ0v) is 13.2. The van der Waals surface area contributed by atoms with Gasteiger partial charge in [0.05, 0.1) is 6.61 Å². The summed E-state index contributed by atoms with van der Waals surface area (Å²) in [5, 5.41) is 3.81. The first-order valence-corrected chi connectivity index (χ1v) is 8.45. The highest BCUT2D eigenvalue weighted by atomic mass is 16.5. The lowest BCUT2D eigenvalue weighted by molar-refractivity contribution is 0.0145. The Kier molecular flexibility index (Phi) is 4.94. The van der Waals surface area contributed by atoms with Crippen LogP contribution in [0.2, 0.25) is 0 Å². The van der Waals surface area contributed by atoms with Crippen molar-refractivity contribution in [1.82, 2.24) is 10.2 Å². The molecule has 0 radical (unpaired) electrons. The van der Waals surface area contributed by atoms with Crippen LogP contribution < -0.4 is 5.32 Å². The number of hydrogen-bond donors (Lipinski definition) is 1. The van der Waals surface area contributed by atoms with Crippen LogP contribution in [0.5, 0.6) is 0 Å². The molecule has 2 aliphatic rings. The number of piperazine rings is 1. The molecular formula is C18H28N2O. The van der Waals surface area contributed by atoms with E-state index in [1.54, 1.807) is 0 Å². The fourth-order valence-electron chi connectivity index (χ4n) is 3.99. The van der Waals surface area contributed by atoms with Crippen LogP contribution in [0.4, 0.5) is 0 Å². The Morgan fingerprint density at radius 2 is 2.00 bits per heavy atom. The van der Waals surface area contributed by atoms with Gasteiger partial charge in [-0.15, -0.1) is 0 Å². The SMILES string of the molecule is CCOCCN1CC(c2ccccc2)NCC12CCCC2. The molecule has 0 aromatic heterocycles. The molecule has 1 heterocycles. The largest absolute Gasteiger partial charge is 0.380 e. The predicted molar refractivity (Wildman–Crippen MR) is 86.5 cm³/mol. The standard InChI is InChI=1S/C18H28N2O/c1-2-21-13-12-20-14-17(16-8-4-3-5-9-16)19-15-18(20)10-6-7-11-18/h3-5,8-9,17,19H,2,6-7,10-15H2,1H3. The molecule has 3 rings (SSSR count). The first-order chi connectivity index (χ1) is 10.3. The van der Waals surface area contributed by atoms with Crippen LogP contribution in [0.1, 0.15) is 44.2 Å². The van der Waals surface area contributed by atoms with E-state index >= 15 is 0 Å². The minimum absolute atomic E-state index is 0.391. The number of hydrogen-bond acceptors (Lipinski definition) is 3. The van der Waals surface area contributed by atoms with Gasteiger partial charge in [-0.2, -0.15) is 0 Å². The molecule has 1 unspecified atom stereocenters. The van der Waals surface area contributed by atoms with Crippen molar-refractivity contribution in [2.45, 2.75) is 44.2 Å². The van der Waals surface area contributed by atoms with Crippen molar-refractivity contribution >= 4 is 0 Å². The van der Waals surface area contributed by atoms with E-state index in [0.717, 1.165) is 32.8 Å². The Morgan fingerprint density at radius 3 is 2.71 bits per heavy atom. The summed E-state index contributed by atoms with van der Waals surface area (Å²) < 4.78 is 5.62. The van der Waals surface area contributed by atoms with Gasteiger partial charge in [-0.1, -0.05) is 43.2 Å². The average Bonchev–Trinajstić information content (AvgIpc) is 3.00. The quantitative estimate of drug-likeness (QED) is 0.843. The van der Waals surface area contributed by atoms with Crippen molar-refractivity contribution in [3.8, 4) is 0 Å². The first-order valence-electron chi connectivity index (χ1n) is 8.45. The van der Waals surface area contributed by atoms with E-state index in [9.17, 15) is 0 Å². The van der Waals surface area contributed by atoms with Crippen LogP contribution in [0.25, 0.3) is 0 Å². The Morgan fingerprint density at radius 1 is 1.24 bits per heavy atom. The lowest BCUT2D eigenvalue weighted by Gasteiger charge is -2.48. The fraction of sp³-hybridized carbons (Fsp3) is 0.667. The Balaban J connectivity index is 1.70. The summed E-state index contributed by atoms with van der Waals surface area (Å²) in [6.45, 7) is 7.06. The zero-order chi connectivity index (χ0) is 14.5. The maximum absolute atomic E-state index is 5.62.